The second kappa shape index (κ2) is 6.78. The second-order valence-electron chi connectivity index (χ2n) is 6.82. The Bertz CT molecular complexity index is 772. The number of nitrogen functional groups attached to an aromatic ring is 1. The van der Waals surface area contributed by atoms with Gasteiger partial charge in [-0.3, -0.25) is 4.79 Å². The summed E-state index contributed by atoms with van der Waals surface area (Å²) in [5.41, 5.74) is 6.06. The lowest BCUT2D eigenvalue weighted by Crippen LogP contribution is -2.40. The maximum Gasteiger partial charge on any atom is 0.276 e. The number of hydrogen-bond acceptors (Lipinski definition) is 6. The van der Waals surface area contributed by atoms with E-state index in [1.54, 1.807) is 0 Å². The fourth-order valence-corrected chi connectivity index (χ4v) is 3.85. The summed E-state index contributed by atoms with van der Waals surface area (Å²) < 4.78 is 2.28. The number of nitrogens with two attached hydrogens (primary N) is 1. The summed E-state index contributed by atoms with van der Waals surface area (Å²) >= 11 is 0. The Kier molecular flexibility index (Phi) is 4.33. The van der Waals surface area contributed by atoms with Gasteiger partial charge in [-0.2, -0.15) is 0 Å². The largest absolute Gasteiger partial charge is 0.382 e. The molecular weight excluding hydrogens is 318 g/mol. The number of anilines is 1. The summed E-state index contributed by atoms with van der Waals surface area (Å²) in [5.74, 6) is 2.38. The Balaban J connectivity index is 1.55. The number of piperidine rings is 1. The zero-order valence-electron chi connectivity index (χ0n) is 14.3. The second-order valence-corrected chi connectivity index (χ2v) is 6.82. The summed E-state index contributed by atoms with van der Waals surface area (Å²) in [7, 11) is 0. The first-order chi connectivity index (χ1) is 12.2. The van der Waals surface area contributed by atoms with Gasteiger partial charge >= 0.3 is 0 Å². The Labute approximate surface area is 146 Å². The van der Waals surface area contributed by atoms with Crippen LogP contribution in [0, 0.1) is 0 Å². The molecule has 25 heavy (non-hydrogen) atoms. The molecule has 1 atom stereocenters. The SMILES string of the molecule is Nc1nccnc1C(=O)N1CCC[C@H](c2nnc3n2CCCCC3)C1. The van der Waals surface area contributed by atoms with Crippen LogP contribution in [0.3, 0.4) is 0 Å². The maximum atomic E-state index is 12.8. The topological polar surface area (TPSA) is 103 Å². The van der Waals surface area contributed by atoms with E-state index in [2.05, 4.69) is 24.7 Å². The molecule has 1 saturated heterocycles. The number of likely N-dealkylation sites (tertiary alicyclic amines) is 1. The van der Waals surface area contributed by atoms with E-state index in [4.69, 9.17) is 5.73 Å². The summed E-state index contributed by atoms with van der Waals surface area (Å²) in [6.07, 6.45) is 9.56. The molecule has 1 fully saturated rings. The minimum absolute atomic E-state index is 0.147. The van der Waals surface area contributed by atoms with Gasteiger partial charge in [0.15, 0.2) is 11.5 Å². The zero-order valence-corrected chi connectivity index (χ0v) is 14.3. The van der Waals surface area contributed by atoms with E-state index in [9.17, 15) is 4.79 Å². The van der Waals surface area contributed by atoms with Crippen LogP contribution in [-0.4, -0.2) is 48.6 Å². The van der Waals surface area contributed by atoms with Gasteiger partial charge in [-0.15, -0.1) is 10.2 Å². The van der Waals surface area contributed by atoms with Gasteiger partial charge in [0.05, 0.1) is 0 Å². The van der Waals surface area contributed by atoms with E-state index in [1.165, 1.54) is 31.7 Å². The molecule has 1 amide bonds. The van der Waals surface area contributed by atoms with E-state index < -0.39 is 0 Å². The first kappa shape index (κ1) is 16.0. The average molecular weight is 341 g/mol. The summed E-state index contributed by atoms with van der Waals surface area (Å²) in [5, 5.41) is 8.87. The van der Waals surface area contributed by atoms with E-state index in [1.807, 2.05) is 4.90 Å². The summed E-state index contributed by atoms with van der Waals surface area (Å²) in [6.45, 7) is 2.33. The van der Waals surface area contributed by atoms with Crippen molar-refractivity contribution in [3.8, 4) is 0 Å². The molecule has 8 nitrogen and oxygen atoms in total. The number of aryl methyl sites for hydroxylation is 1. The molecule has 2 N–H and O–H groups in total. The molecule has 0 aliphatic carbocycles. The van der Waals surface area contributed by atoms with Crippen LogP contribution >= 0.6 is 0 Å². The summed E-state index contributed by atoms with van der Waals surface area (Å²) in [6, 6.07) is 0. The number of hydrogen-bond donors (Lipinski definition) is 1. The molecule has 0 spiro atoms. The van der Waals surface area contributed by atoms with Crippen LogP contribution in [0.25, 0.3) is 0 Å². The molecule has 2 aromatic heterocycles. The van der Waals surface area contributed by atoms with Gasteiger partial charge in [-0.1, -0.05) is 6.42 Å². The molecule has 0 bridgehead atoms. The fourth-order valence-electron chi connectivity index (χ4n) is 3.85. The van der Waals surface area contributed by atoms with Crippen molar-refractivity contribution in [1.82, 2.24) is 29.6 Å². The highest BCUT2D eigenvalue weighted by atomic mass is 16.2. The minimum atomic E-state index is -0.147. The molecule has 2 aromatic rings. The molecule has 4 heterocycles. The third-order valence-corrected chi connectivity index (χ3v) is 5.14. The van der Waals surface area contributed by atoms with Crippen LogP contribution in [0.1, 0.15) is 60.2 Å². The van der Waals surface area contributed by atoms with Gasteiger partial charge < -0.3 is 15.2 Å². The minimum Gasteiger partial charge on any atom is -0.382 e. The van der Waals surface area contributed by atoms with Crippen molar-refractivity contribution in [2.45, 2.75) is 51.0 Å². The monoisotopic (exact) mass is 341 g/mol. The Morgan fingerprint density at radius 3 is 2.84 bits per heavy atom. The highest BCUT2D eigenvalue weighted by molar-refractivity contribution is 5.96. The van der Waals surface area contributed by atoms with Crippen LogP contribution in [-0.2, 0) is 13.0 Å². The number of aromatic nitrogens is 5. The molecule has 4 rings (SSSR count). The van der Waals surface area contributed by atoms with Crippen molar-refractivity contribution in [2.75, 3.05) is 18.8 Å². The van der Waals surface area contributed by atoms with Gasteiger partial charge in [0.1, 0.15) is 11.6 Å². The normalized spacial score (nSPS) is 20.8. The van der Waals surface area contributed by atoms with E-state index >= 15 is 0 Å². The van der Waals surface area contributed by atoms with Crippen molar-refractivity contribution in [1.29, 1.82) is 0 Å². The van der Waals surface area contributed by atoms with Gasteiger partial charge in [-0.25, -0.2) is 9.97 Å². The lowest BCUT2D eigenvalue weighted by Gasteiger charge is -2.32. The Morgan fingerprint density at radius 1 is 1.08 bits per heavy atom. The molecule has 8 heteroatoms. The highest BCUT2D eigenvalue weighted by Gasteiger charge is 2.31. The van der Waals surface area contributed by atoms with Crippen LogP contribution in [0.2, 0.25) is 0 Å². The predicted molar refractivity (Wildman–Crippen MR) is 91.9 cm³/mol. The van der Waals surface area contributed by atoms with E-state index in [0.717, 1.165) is 37.5 Å². The van der Waals surface area contributed by atoms with Gasteiger partial charge in [0.25, 0.3) is 5.91 Å². The standard InChI is InChI=1S/C17H23N7O/c18-15-14(19-7-8-20-15)17(25)23-9-4-5-12(11-23)16-22-21-13-6-2-1-3-10-24(13)16/h7-8,12H,1-6,9-11H2,(H2,18,20)/t12-/m0/s1. The molecule has 2 aliphatic rings. The highest BCUT2D eigenvalue weighted by Crippen LogP contribution is 2.28. The molecule has 2 aliphatic heterocycles. The maximum absolute atomic E-state index is 12.8. The number of rotatable bonds is 2. The molecule has 0 unspecified atom stereocenters. The lowest BCUT2D eigenvalue weighted by atomic mass is 9.96. The predicted octanol–water partition coefficient (Wildman–Crippen LogP) is 1.40. The molecule has 132 valence electrons. The smallest absolute Gasteiger partial charge is 0.276 e. The fraction of sp³-hybridized carbons (Fsp3) is 0.588. The van der Waals surface area contributed by atoms with Crippen LogP contribution in [0.4, 0.5) is 5.82 Å². The number of nitrogens with zero attached hydrogens (tertiary/aromatic N) is 6. The van der Waals surface area contributed by atoms with Crippen LogP contribution in [0.15, 0.2) is 12.4 Å². The average Bonchev–Trinajstić information content (AvgIpc) is 2.90. The summed E-state index contributed by atoms with van der Waals surface area (Å²) in [4.78, 5) is 22.7. The van der Waals surface area contributed by atoms with Crippen molar-refractivity contribution in [3.63, 3.8) is 0 Å². The van der Waals surface area contributed by atoms with Gasteiger partial charge in [-0.05, 0) is 25.7 Å². The molecule has 0 radical (unpaired) electrons. The van der Waals surface area contributed by atoms with Crippen molar-refractivity contribution < 1.29 is 4.79 Å². The van der Waals surface area contributed by atoms with Gasteiger partial charge in [0, 0.05) is 44.4 Å². The number of carbonyl (C=O) groups is 1. The molecule has 0 aromatic carbocycles. The molecular formula is C17H23N7O. The van der Waals surface area contributed by atoms with Crippen LogP contribution in [0.5, 0.6) is 0 Å². The van der Waals surface area contributed by atoms with Crippen molar-refractivity contribution in [2.24, 2.45) is 0 Å². The first-order valence-corrected chi connectivity index (χ1v) is 9.02. The zero-order chi connectivity index (χ0) is 17.2. The van der Waals surface area contributed by atoms with E-state index in [-0.39, 0.29) is 23.3 Å². The van der Waals surface area contributed by atoms with E-state index in [0.29, 0.717) is 13.1 Å². The third kappa shape index (κ3) is 3.08. The third-order valence-electron chi connectivity index (χ3n) is 5.14. The molecule has 0 saturated carbocycles. The first-order valence-electron chi connectivity index (χ1n) is 9.02. The Morgan fingerprint density at radius 2 is 1.96 bits per heavy atom. The number of carbonyl (C=O) groups excluding carboxylic acids is 1. The number of fused-ring (bicyclic) bond motifs is 1. The Hall–Kier alpha value is -2.51. The number of amides is 1. The van der Waals surface area contributed by atoms with Crippen molar-refractivity contribution in [3.05, 3.63) is 29.7 Å². The quantitative estimate of drug-likeness (QED) is 0.885. The van der Waals surface area contributed by atoms with Gasteiger partial charge in [0.2, 0.25) is 0 Å². The van der Waals surface area contributed by atoms with Crippen molar-refractivity contribution >= 4 is 11.7 Å². The lowest BCUT2D eigenvalue weighted by molar-refractivity contribution is 0.0698. The van der Waals surface area contributed by atoms with Crippen LogP contribution < -0.4 is 5.73 Å².